The van der Waals surface area contributed by atoms with Crippen LogP contribution in [0.15, 0.2) is 66.7 Å². The van der Waals surface area contributed by atoms with Crippen molar-refractivity contribution in [3.8, 4) is 0 Å². The van der Waals surface area contributed by atoms with E-state index >= 15 is 0 Å². The summed E-state index contributed by atoms with van der Waals surface area (Å²) >= 11 is 0. The van der Waals surface area contributed by atoms with Crippen molar-refractivity contribution < 1.29 is 19.5 Å². The summed E-state index contributed by atoms with van der Waals surface area (Å²) in [4.78, 5) is 34.8. The smallest absolute Gasteiger partial charge is 0.322 e. The third-order valence-electron chi connectivity index (χ3n) is 3.84. The largest absolute Gasteiger partial charge is 0.480 e. The molecule has 3 aromatic carbocycles. The number of carboxylic acids is 1. The SMILES string of the molecule is O=C(O)CNC(=O)c1ccc(NC(=O)c2cccc3ccccc23)cc1. The number of hydrogen-bond acceptors (Lipinski definition) is 3. The molecule has 0 saturated heterocycles. The first-order chi connectivity index (χ1) is 12.5. The van der Waals surface area contributed by atoms with Crippen molar-refractivity contribution in [2.24, 2.45) is 0 Å². The van der Waals surface area contributed by atoms with Gasteiger partial charge in [-0.1, -0.05) is 36.4 Å². The average Bonchev–Trinajstić information content (AvgIpc) is 2.66. The molecule has 0 aromatic heterocycles. The van der Waals surface area contributed by atoms with Gasteiger partial charge in [0.25, 0.3) is 11.8 Å². The molecule has 6 heteroatoms. The molecule has 0 unspecified atom stereocenters. The van der Waals surface area contributed by atoms with E-state index in [1.54, 1.807) is 18.2 Å². The Morgan fingerprint density at radius 2 is 1.50 bits per heavy atom. The van der Waals surface area contributed by atoms with Gasteiger partial charge in [-0.25, -0.2) is 0 Å². The number of hydrogen-bond donors (Lipinski definition) is 3. The van der Waals surface area contributed by atoms with E-state index in [1.165, 1.54) is 12.1 Å². The van der Waals surface area contributed by atoms with E-state index in [0.29, 0.717) is 16.8 Å². The van der Waals surface area contributed by atoms with Gasteiger partial charge in [0, 0.05) is 16.8 Å². The predicted octanol–water partition coefficient (Wildman–Crippen LogP) is 2.91. The summed E-state index contributed by atoms with van der Waals surface area (Å²) in [6, 6.07) is 19.4. The molecule has 130 valence electrons. The number of nitrogens with one attached hydrogen (secondary N) is 2. The molecule has 0 spiro atoms. The number of rotatable bonds is 5. The molecular weight excluding hydrogens is 332 g/mol. The highest BCUT2D eigenvalue weighted by Gasteiger charge is 2.11. The molecule has 26 heavy (non-hydrogen) atoms. The monoisotopic (exact) mass is 348 g/mol. The van der Waals surface area contributed by atoms with Gasteiger partial charge in [0.1, 0.15) is 6.54 Å². The van der Waals surface area contributed by atoms with Gasteiger partial charge >= 0.3 is 5.97 Å². The summed E-state index contributed by atoms with van der Waals surface area (Å²) in [6.07, 6.45) is 0. The molecule has 3 aromatic rings. The third-order valence-corrected chi connectivity index (χ3v) is 3.84. The lowest BCUT2D eigenvalue weighted by Crippen LogP contribution is -2.29. The summed E-state index contributed by atoms with van der Waals surface area (Å²) in [7, 11) is 0. The van der Waals surface area contributed by atoms with Gasteiger partial charge in [-0.3, -0.25) is 14.4 Å². The second-order valence-electron chi connectivity index (χ2n) is 5.63. The van der Waals surface area contributed by atoms with E-state index in [4.69, 9.17) is 5.11 Å². The highest BCUT2D eigenvalue weighted by atomic mass is 16.4. The quantitative estimate of drug-likeness (QED) is 0.661. The first-order valence-electron chi connectivity index (χ1n) is 7.94. The molecule has 3 N–H and O–H groups in total. The average molecular weight is 348 g/mol. The Labute approximate surface area is 149 Å². The van der Waals surface area contributed by atoms with Crippen LogP contribution in [0.25, 0.3) is 10.8 Å². The van der Waals surface area contributed by atoms with Gasteiger partial charge in [-0.05, 0) is 41.1 Å². The van der Waals surface area contributed by atoms with Crippen LogP contribution in [0.1, 0.15) is 20.7 Å². The van der Waals surface area contributed by atoms with Gasteiger partial charge < -0.3 is 15.7 Å². The number of carbonyl (C=O) groups excluding carboxylic acids is 2. The lowest BCUT2D eigenvalue weighted by Gasteiger charge is -2.09. The van der Waals surface area contributed by atoms with Crippen LogP contribution in [-0.2, 0) is 4.79 Å². The molecule has 0 aliphatic rings. The lowest BCUT2D eigenvalue weighted by molar-refractivity contribution is -0.135. The van der Waals surface area contributed by atoms with Crippen molar-refractivity contribution in [3.63, 3.8) is 0 Å². The van der Waals surface area contributed by atoms with Crippen LogP contribution in [0.4, 0.5) is 5.69 Å². The van der Waals surface area contributed by atoms with Crippen molar-refractivity contribution in [1.29, 1.82) is 0 Å². The Bertz CT molecular complexity index is 975. The Hall–Kier alpha value is -3.67. The van der Waals surface area contributed by atoms with E-state index in [-0.39, 0.29) is 5.91 Å². The van der Waals surface area contributed by atoms with Gasteiger partial charge in [0.2, 0.25) is 0 Å². The van der Waals surface area contributed by atoms with Crippen molar-refractivity contribution in [2.45, 2.75) is 0 Å². The number of carbonyl (C=O) groups is 3. The Balaban J connectivity index is 1.73. The highest BCUT2D eigenvalue weighted by molar-refractivity contribution is 6.13. The number of anilines is 1. The Morgan fingerprint density at radius 3 is 2.23 bits per heavy atom. The summed E-state index contributed by atoms with van der Waals surface area (Å²) < 4.78 is 0. The van der Waals surface area contributed by atoms with E-state index in [1.807, 2.05) is 36.4 Å². The van der Waals surface area contributed by atoms with E-state index < -0.39 is 18.4 Å². The standard InChI is InChI=1S/C20H16N2O4/c23-18(24)12-21-19(25)14-8-10-15(11-9-14)22-20(26)17-7-3-5-13-4-1-2-6-16(13)17/h1-11H,12H2,(H,21,25)(H,22,26)(H,23,24). The number of aliphatic carboxylic acids is 1. The Kier molecular flexibility index (Phi) is 4.94. The van der Waals surface area contributed by atoms with Gasteiger partial charge in [0.15, 0.2) is 0 Å². The summed E-state index contributed by atoms with van der Waals surface area (Å²) in [5, 5.41) is 15.5. The van der Waals surface area contributed by atoms with Crippen molar-refractivity contribution in [1.82, 2.24) is 5.32 Å². The molecule has 0 saturated carbocycles. The number of carboxylic acid groups (broad SMARTS) is 1. The fourth-order valence-electron chi connectivity index (χ4n) is 2.58. The zero-order valence-corrected chi connectivity index (χ0v) is 13.7. The fraction of sp³-hybridized carbons (Fsp3) is 0.0500. The van der Waals surface area contributed by atoms with Crippen molar-refractivity contribution in [2.75, 3.05) is 11.9 Å². The van der Waals surface area contributed by atoms with Crippen LogP contribution in [0, 0.1) is 0 Å². The highest BCUT2D eigenvalue weighted by Crippen LogP contribution is 2.20. The number of benzene rings is 3. The molecule has 0 atom stereocenters. The zero-order chi connectivity index (χ0) is 18.5. The van der Waals surface area contributed by atoms with E-state index in [9.17, 15) is 14.4 Å². The second kappa shape index (κ2) is 7.48. The lowest BCUT2D eigenvalue weighted by atomic mass is 10.0. The molecule has 0 aliphatic carbocycles. The molecule has 6 nitrogen and oxygen atoms in total. The minimum absolute atomic E-state index is 0.245. The first kappa shape index (κ1) is 17.2. The molecule has 0 fully saturated rings. The van der Waals surface area contributed by atoms with Gasteiger partial charge in [-0.2, -0.15) is 0 Å². The summed E-state index contributed by atoms with van der Waals surface area (Å²) in [5.41, 5.74) is 1.42. The maximum absolute atomic E-state index is 12.6. The number of amides is 2. The maximum Gasteiger partial charge on any atom is 0.322 e. The minimum Gasteiger partial charge on any atom is -0.480 e. The van der Waals surface area contributed by atoms with Crippen LogP contribution in [0.3, 0.4) is 0 Å². The molecular formula is C20H16N2O4. The number of fused-ring (bicyclic) bond motifs is 1. The zero-order valence-electron chi connectivity index (χ0n) is 13.7. The normalized spacial score (nSPS) is 10.3. The third kappa shape index (κ3) is 3.87. The predicted molar refractivity (Wildman–Crippen MR) is 98.3 cm³/mol. The van der Waals surface area contributed by atoms with Crippen molar-refractivity contribution >= 4 is 34.2 Å². The van der Waals surface area contributed by atoms with Crippen molar-refractivity contribution in [3.05, 3.63) is 77.9 Å². The minimum atomic E-state index is -1.11. The van der Waals surface area contributed by atoms with Crippen LogP contribution in [-0.4, -0.2) is 29.4 Å². The van der Waals surface area contributed by atoms with E-state index in [0.717, 1.165) is 10.8 Å². The van der Waals surface area contributed by atoms with Crippen LogP contribution >= 0.6 is 0 Å². The van der Waals surface area contributed by atoms with E-state index in [2.05, 4.69) is 10.6 Å². The van der Waals surface area contributed by atoms with Crippen LogP contribution in [0.2, 0.25) is 0 Å². The fourth-order valence-corrected chi connectivity index (χ4v) is 2.58. The summed E-state index contributed by atoms with van der Waals surface area (Å²) in [5.74, 6) is -1.85. The summed E-state index contributed by atoms with van der Waals surface area (Å²) in [6.45, 7) is -0.446. The molecule has 0 heterocycles. The molecule has 2 amide bonds. The molecule has 0 radical (unpaired) electrons. The molecule has 0 bridgehead atoms. The molecule has 0 aliphatic heterocycles. The van der Waals surface area contributed by atoms with Crippen LogP contribution in [0.5, 0.6) is 0 Å². The van der Waals surface area contributed by atoms with Crippen LogP contribution < -0.4 is 10.6 Å². The maximum atomic E-state index is 12.6. The first-order valence-corrected chi connectivity index (χ1v) is 7.94. The Morgan fingerprint density at radius 1 is 0.808 bits per heavy atom. The second-order valence-corrected chi connectivity index (χ2v) is 5.63. The topological polar surface area (TPSA) is 95.5 Å². The molecule has 3 rings (SSSR count). The van der Waals surface area contributed by atoms with Gasteiger partial charge in [0.05, 0.1) is 0 Å². The van der Waals surface area contributed by atoms with Gasteiger partial charge in [-0.15, -0.1) is 0 Å².